The molecule has 1 amide bonds. The van der Waals surface area contributed by atoms with E-state index in [4.69, 9.17) is 9.98 Å². The van der Waals surface area contributed by atoms with Gasteiger partial charge in [-0.15, -0.1) is 11.3 Å². The van der Waals surface area contributed by atoms with Crippen molar-refractivity contribution in [3.8, 4) is 16.5 Å². The number of likely N-dealkylation sites (tertiary alicyclic amines) is 1. The molecule has 6 heterocycles. The zero-order chi connectivity index (χ0) is 26.5. The van der Waals surface area contributed by atoms with Gasteiger partial charge < -0.3 is 15.0 Å². The van der Waals surface area contributed by atoms with Crippen LogP contribution in [0.3, 0.4) is 0 Å². The molecule has 2 aliphatic rings. The van der Waals surface area contributed by atoms with Crippen LogP contribution in [0.4, 0.5) is 0 Å². The first-order valence-electron chi connectivity index (χ1n) is 12.8. The van der Waals surface area contributed by atoms with Crippen LogP contribution < -0.4 is 16.4 Å². The van der Waals surface area contributed by atoms with Crippen molar-refractivity contribution < 1.29 is 9.90 Å². The van der Waals surface area contributed by atoms with Crippen molar-refractivity contribution in [3.05, 3.63) is 86.2 Å². The second-order valence-electron chi connectivity index (χ2n) is 9.87. The molecule has 0 spiro atoms. The summed E-state index contributed by atoms with van der Waals surface area (Å²) in [5.74, 6) is 0.0584. The number of carbonyl (C=O) groups is 1. The molecule has 1 aliphatic carbocycles. The fourth-order valence-electron chi connectivity index (χ4n) is 4.90. The number of nitrogens with one attached hydrogen (secondary N) is 2. The molecule has 196 valence electrons. The van der Waals surface area contributed by atoms with Crippen LogP contribution in [0.1, 0.15) is 46.1 Å². The Bertz CT molecular complexity index is 1880. The first-order valence-corrected chi connectivity index (χ1v) is 13.6. The maximum Gasteiger partial charge on any atom is 0.326 e. The molecule has 0 radical (unpaired) electrons. The van der Waals surface area contributed by atoms with Gasteiger partial charge in [-0.25, -0.2) is 9.78 Å². The SMILES string of the molecule is O=C(c1ccc(-c2cc(=NC3CC3)n3ncc(=Cc4[nH]c(=O)[nH]c4O)c3n2)s1)N1CCC(c2cccnc2)C1. The van der Waals surface area contributed by atoms with E-state index in [1.54, 1.807) is 23.0 Å². The van der Waals surface area contributed by atoms with Crippen molar-refractivity contribution in [2.45, 2.75) is 31.2 Å². The van der Waals surface area contributed by atoms with Gasteiger partial charge in [0.2, 0.25) is 5.88 Å². The van der Waals surface area contributed by atoms with Gasteiger partial charge in [-0.1, -0.05) is 6.07 Å². The Labute approximate surface area is 225 Å². The molecular weight excluding hydrogens is 516 g/mol. The standard InChI is InChI=1S/C27H24N8O3S/c36-25-20(32-27(38)33-25)10-17-13-29-35-23(30-18-3-4-18)11-19(31-24(17)35)21-5-6-22(39-21)26(37)34-9-7-16(14-34)15-2-1-8-28-12-15/h1-2,5-6,8,10-13,16,18,36H,3-4,7,9,14H2,(H2,32,33,38). The van der Waals surface area contributed by atoms with Crippen LogP contribution in [0.15, 0.2) is 58.7 Å². The third-order valence-corrected chi connectivity index (χ3v) is 8.17. The average Bonchev–Trinajstić information content (AvgIpc) is 3.33. The van der Waals surface area contributed by atoms with Gasteiger partial charge in [-0.3, -0.25) is 19.8 Å². The lowest BCUT2D eigenvalue weighted by Gasteiger charge is -2.15. The third-order valence-electron chi connectivity index (χ3n) is 7.08. The molecule has 5 aromatic heterocycles. The number of nitrogens with zero attached hydrogens (tertiary/aromatic N) is 6. The van der Waals surface area contributed by atoms with E-state index < -0.39 is 5.69 Å². The van der Waals surface area contributed by atoms with Crippen molar-refractivity contribution in [3.63, 3.8) is 0 Å². The summed E-state index contributed by atoms with van der Waals surface area (Å²) < 4.78 is 1.66. The average molecular weight is 541 g/mol. The predicted octanol–water partition coefficient (Wildman–Crippen LogP) is 1.82. The molecule has 12 heteroatoms. The lowest BCUT2D eigenvalue weighted by atomic mass is 10.0. The van der Waals surface area contributed by atoms with Gasteiger partial charge in [-0.05, 0) is 49.1 Å². The molecule has 1 unspecified atom stereocenters. The van der Waals surface area contributed by atoms with Crippen LogP contribution >= 0.6 is 11.3 Å². The highest BCUT2D eigenvalue weighted by Crippen LogP contribution is 2.31. The summed E-state index contributed by atoms with van der Waals surface area (Å²) in [6.45, 7) is 1.39. The minimum atomic E-state index is -0.506. The van der Waals surface area contributed by atoms with Crippen LogP contribution in [0, 0.1) is 0 Å². The number of thiophene rings is 1. The number of H-pyrrole nitrogens is 2. The molecule has 0 bridgehead atoms. The number of hydrogen-bond acceptors (Lipinski definition) is 8. The van der Waals surface area contributed by atoms with Crippen LogP contribution in [-0.2, 0) is 0 Å². The third kappa shape index (κ3) is 4.52. The minimum absolute atomic E-state index is 0.0203. The van der Waals surface area contributed by atoms with Gasteiger partial charge in [0.05, 0.1) is 27.7 Å². The Morgan fingerprint density at radius 2 is 2.08 bits per heavy atom. The minimum Gasteiger partial charge on any atom is -0.493 e. The molecule has 7 rings (SSSR count). The smallest absolute Gasteiger partial charge is 0.326 e. The highest BCUT2D eigenvalue weighted by molar-refractivity contribution is 7.17. The Kier molecular flexibility index (Phi) is 5.62. The summed E-state index contributed by atoms with van der Waals surface area (Å²) >= 11 is 1.41. The molecular formula is C27H24N8O3S. The van der Waals surface area contributed by atoms with E-state index in [0.717, 1.165) is 29.7 Å². The number of rotatable bonds is 5. The summed E-state index contributed by atoms with van der Waals surface area (Å²) in [5.41, 5.74) is 2.78. The first-order chi connectivity index (χ1) is 19.0. The molecule has 3 N–H and O–H groups in total. The number of hydrogen-bond donors (Lipinski definition) is 3. The lowest BCUT2D eigenvalue weighted by molar-refractivity contribution is 0.0795. The second kappa shape index (κ2) is 9.31. The van der Waals surface area contributed by atoms with Crippen LogP contribution in [0.5, 0.6) is 5.88 Å². The van der Waals surface area contributed by atoms with Gasteiger partial charge in [0.1, 0.15) is 5.69 Å². The molecule has 1 saturated heterocycles. The summed E-state index contributed by atoms with van der Waals surface area (Å²) in [7, 11) is 0. The Hall–Kier alpha value is -4.58. The van der Waals surface area contributed by atoms with Crippen molar-refractivity contribution in [1.29, 1.82) is 0 Å². The molecule has 39 heavy (non-hydrogen) atoms. The summed E-state index contributed by atoms with van der Waals surface area (Å²) in [6.07, 6.45) is 9.87. The van der Waals surface area contributed by atoms with E-state index in [0.29, 0.717) is 45.9 Å². The first kappa shape index (κ1) is 23.5. The number of fused-ring (bicyclic) bond motifs is 1. The molecule has 11 nitrogen and oxygen atoms in total. The molecule has 1 atom stereocenters. The summed E-state index contributed by atoms with van der Waals surface area (Å²) in [6, 6.07) is 9.93. The normalized spacial score (nSPS) is 18.5. The zero-order valence-corrected chi connectivity index (χ0v) is 21.6. The summed E-state index contributed by atoms with van der Waals surface area (Å²) in [4.78, 5) is 47.1. The molecule has 2 fully saturated rings. The van der Waals surface area contributed by atoms with E-state index in [9.17, 15) is 14.7 Å². The zero-order valence-electron chi connectivity index (χ0n) is 20.7. The Morgan fingerprint density at radius 3 is 2.85 bits per heavy atom. The fraction of sp³-hybridized carbons (Fsp3) is 0.259. The second-order valence-corrected chi connectivity index (χ2v) is 11.0. The topological polar surface area (TPSA) is 145 Å². The van der Waals surface area contributed by atoms with E-state index in [1.165, 1.54) is 11.3 Å². The number of aromatic amines is 2. The van der Waals surface area contributed by atoms with E-state index in [1.807, 2.05) is 35.4 Å². The number of pyridine rings is 1. The van der Waals surface area contributed by atoms with E-state index >= 15 is 0 Å². The maximum atomic E-state index is 13.4. The van der Waals surface area contributed by atoms with Gasteiger partial charge in [0, 0.05) is 42.7 Å². The molecule has 1 saturated carbocycles. The quantitative estimate of drug-likeness (QED) is 0.310. The van der Waals surface area contributed by atoms with E-state index in [-0.39, 0.29) is 23.5 Å². The van der Waals surface area contributed by atoms with Crippen molar-refractivity contribution in [2.75, 3.05) is 13.1 Å². The molecule has 1 aliphatic heterocycles. The van der Waals surface area contributed by atoms with Crippen LogP contribution in [0.25, 0.3) is 22.3 Å². The highest BCUT2D eigenvalue weighted by Gasteiger charge is 2.29. The highest BCUT2D eigenvalue weighted by atomic mass is 32.1. The number of carbonyl (C=O) groups excluding carboxylic acids is 1. The van der Waals surface area contributed by atoms with Gasteiger partial charge >= 0.3 is 5.69 Å². The monoisotopic (exact) mass is 540 g/mol. The molecule has 5 aromatic rings. The Balaban J connectivity index is 1.23. The van der Waals surface area contributed by atoms with Gasteiger partial charge in [0.25, 0.3) is 5.91 Å². The Morgan fingerprint density at radius 1 is 1.18 bits per heavy atom. The van der Waals surface area contributed by atoms with Crippen molar-refractivity contribution >= 4 is 29.0 Å². The van der Waals surface area contributed by atoms with Gasteiger partial charge in [-0.2, -0.15) is 9.61 Å². The largest absolute Gasteiger partial charge is 0.493 e. The molecule has 0 aromatic carbocycles. The number of aromatic nitrogens is 6. The van der Waals surface area contributed by atoms with Crippen molar-refractivity contribution in [2.24, 2.45) is 4.99 Å². The van der Waals surface area contributed by atoms with Crippen LogP contribution in [-0.4, -0.2) is 64.6 Å². The fourth-order valence-corrected chi connectivity index (χ4v) is 5.84. The number of aromatic hydroxyl groups is 1. The number of amides is 1. The summed E-state index contributed by atoms with van der Waals surface area (Å²) in [5, 5.41) is 15.1. The number of imidazole rings is 1. The maximum absolute atomic E-state index is 13.4. The van der Waals surface area contributed by atoms with Gasteiger partial charge in [0.15, 0.2) is 11.1 Å². The van der Waals surface area contributed by atoms with Crippen LogP contribution in [0.2, 0.25) is 0 Å². The van der Waals surface area contributed by atoms with E-state index in [2.05, 4.69) is 26.1 Å². The van der Waals surface area contributed by atoms with Crippen molar-refractivity contribution in [1.82, 2.24) is 34.4 Å². The lowest BCUT2D eigenvalue weighted by Crippen LogP contribution is -2.27. The predicted molar refractivity (Wildman–Crippen MR) is 144 cm³/mol.